The quantitative estimate of drug-likeness (QED) is 0.858. The third kappa shape index (κ3) is 5.25. The first-order valence-electron chi connectivity index (χ1n) is 7.65. The van der Waals surface area contributed by atoms with Gasteiger partial charge in [-0.25, -0.2) is 0 Å². The number of carbonyl (C=O) groups excluding carboxylic acids is 2. The zero-order chi connectivity index (χ0) is 17.4. The van der Waals surface area contributed by atoms with Gasteiger partial charge in [-0.05, 0) is 35.7 Å². The number of nitrogens with zero attached hydrogens (tertiary/aromatic N) is 1. The van der Waals surface area contributed by atoms with Gasteiger partial charge in [0.15, 0.2) is 0 Å². The normalized spacial score (nSPS) is 9.83. The van der Waals surface area contributed by atoms with Crippen LogP contribution < -0.4 is 10.6 Å². The Morgan fingerprint density at radius 3 is 2.62 bits per heavy atom. The van der Waals surface area contributed by atoms with Gasteiger partial charge in [-0.2, -0.15) is 5.26 Å². The summed E-state index contributed by atoms with van der Waals surface area (Å²) in [5, 5.41) is 14.0. The Labute approximate surface area is 141 Å². The van der Waals surface area contributed by atoms with Crippen molar-refractivity contribution in [3.63, 3.8) is 0 Å². The zero-order valence-corrected chi connectivity index (χ0v) is 13.5. The van der Waals surface area contributed by atoms with Gasteiger partial charge in [-0.3, -0.25) is 9.59 Å². The summed E-state index contributed by atoms with van der Waals surface area (Å²) in [6.45, 7) is 2.36. The Kier molecular flexibility index (Phi) is 6.09. The van der Waals surface area contributed by atoms with Crippen molar-refractivity contribution in [1.29, 1.82) is 5.26 Å². The number of nitrogens with one attached hydrogen (secondary N) is 2. The van der Waals surface area contributed by atoms with Gasteiger partial charge >= 0.3 is 0 Å². The SMILES string of the molecule is Cc1ccccc1CC(=O)NCc1cccc(NC(=O)CC#N)c1. The molecule has 0 radical (unpaired) electrons. The lowest BCUT2D eigenvalue weighted by Gasteiger charge is -2.09. The molecule has 24 heavy (non-hydrogen) atoms. The molecule has 0 spiro atoms. The monoisotopic (exact) mass is 321 g/mol. The van der Waals surface area contributed by atoms with E-state index in [9.17, 15) is 9.59 Å². The van der Waals surface area contributed by atoms with E-state index < -0.39 is 0 Å². The highest BCUT2D eigenvalue weighted by Crippen LogP contribution is 2.11. The van der Waals surface area contributed by atoms with Gasteiger partial charge in [0.2, 0.25) is 11.8 Å². The number of aryl methyl sites for hydroxylation is 1. The van der Waals surface area contributed by atoms with Gasteiger partial charge in [0.25, 0.3) is 0 Å². The van der Waals surface area contributed by atoms with Crippen LogP contribution in [0.4, 0.5) is 5.69 Å². The first-order valence-corrected chi connectivity index (χ1v) is 7.65. The average molecular weight is 321 g/mol. The molecule has 2 amide bonds. The molecule has 0 fully saturated rings. The molecule has 0 atom stereocenters. The van der Waals surface area contributed by atoms with E-state index in [2.05, 4.69) is 10.6 Å². The Morgan fingerprint density at radius 2 is 1.88 bits per heavy atom. The fourth-order valence-corrected chi connectivity index (χ4v) is 2.28. The lowest BCUT2D eigenvalue weighted by atomic mass is 10.1. The Morgan fingerprint density at radius 1 is 1.08 bits per heavy atom. The topological polar surface area (TPSA) is 82.0 Å². The third-order valence-electron chi connectivity index (χ3n) is 3.55. The first-order chi connectivity index (χ1) is 11.6. The van der Waals surface area contributed by atoms with Crippen LogP contribution in [-0.4, -0.2) is 11.8 Å². The maximum Gasteiger partial charge on any atom is 0.238 e. The number of hydrogen-bond acceptors (Lipinski definition) is 3. The summed E-state index contributed by atoms with van der Waals surface area (Å²) < 4.78 is 0. The summed E-state index contributed by atoms with van der Waals surface area (Å²) >= 11 is 0. The molecule has 0 unspecified atom stereocenters. The van der Waals surface area contributed by atoms with Crippen molar-refractivity contribution in [2.45, 2.75) is 26.3 Å². The second-order valence-corrected chi connectivity index (χ2v) is 5.46. The van der Waals surface area contributed by atoms with E-state index in [-0.39, 0.29) is 18.2 Å². The van der Waals surface area contributed by atoms with Crippen molar-refractivity contribution in [1.82, 2.24) is 5.32 Å². The predicted molar refractivity (Wildman–Crippen MR) is 92.0 cm³/mol. The van der Waals surface area contributed by atoms with E-state index in [1.54, 1.807) is 24.3 Å². The second kappa shape index (κ2) is 8.49. The number of rotatable bonds is 6. The molecule has 0 aliphatic carbocycles. The molecule has 2 N–H and O–H groups in total. The summed E-state index contributed by atoms with van der Waals surface area (Å²) in [4.78, 5) is 23.5. The fraction of sp³-hybridized carbons (Fsp3) is 0.211. The number of benzene rings is 2. The minimum atomic E-state index is -0.349. The van der Waals surface area contributed by atoms with Crippen molar-refractivity contribution < 1.29 is 9.59 Å². The molecule has 0 heterocycles. The third-order valence-corrected chi connectivity index (χ3v) is 3.55. The highest BCUT2D eigenvalue weighted by molar-refractivity contribution is 5.92. The highest BCUT2D eigenvalue weighted by Gasteiger charge is 2.06. The molecular weight excluding hydrogens is 302 g/mol. The van der Waals surface area contributed by atoms with Gasteiger partial charge < -0.3 is 10.6 Å². The summed E-state index contributed by atoms with van der Waals surface area (Å²) in [7, 11) is 0. The summed E-state index contributed by atoms with van der Waals surface area (Å²) in [6, 6.07) is 16.8. The molecule has 0 aromatic heterocycles. The number of amides is 2. The summed E-state index contributed by atoms with van der Waals surface area (Å²) in [5.74, 6) is -0.401. The van der Waals surface area contributed by atoms with Crippen molar-refractivity contribution >= 4 is 17.5 Å². The number of hydrogen-bond donors (Lipinski definition) is 2. The molecular formula is C19H19N3O2. The molecule has 0 saturated carbocycles. The second-order valence-electron chi connectivity index (χ2n) is 5.46. The first kappa shape index (κ1) is 17.2. The summed E-state index contributed by atoms with van der Waals surface area (Å²) in [6.07, 6.45) is 0.155. The van der Waals surface area contributed by atoms with Crippen LogP contribution >= 0.6 is 0 Å². The van der Waals surface area contributed by atoms with Crippen molar-refractivity contribution in [3.05, 3.63) is 65.2 Å². The number of carbonyl (C=O) groups is 2. The minimum Gasteiger partial charge on any atom is -0.352 e. The number of nitriles is 1. The van der Waals surface area contributed by atoms with Gasteiger partial charge in [-0.15, -0.1) is 0 Å². The van der Waals surface area contributed by atoms with Crippen LogP contribution in [0.15, 0.2) is 48.5 Å². The van der Waals surface area contributed by atoms with Crippen LogP contribution in [0.3, 0.4) is 0 Å². The Hall–Kier alpha value is -3.13. The maximum atomic E-state index is 12.1. The molecule has 5 nitrogen and oxygen atoms in total. The van der Waals surface area contributed by atoms with E-state index >= 15 is 0 Å². The molecule has 0 aliphatic heterocycles. The van der Waals surface area contributed by atoms with Crippen molar-refractivity contribution in [2.24, 2.45) is 0 Å². The Bertz CT molecular complexity index is 778. The van der Waals surface area contributed by atoms with Gasteiger partial charge in [0, 0.05) is 12.2 Å². The van der Waals surface area contributed by atoms with Crippen molar-refractivity contribution in [2.75, 3.05) is 5.32 Å². The average Bonchev–Trinajstić information content (AvgIpc) is 2.56. The highest BCUT2D eigenvalue weighted by atomic mass is 16.2. The number of anilines is 1. The van der Waals surface area contributed by atoms with Gasteiger partial charge in [-0.1, -0.05) is 36.4 Å². The van der Waals surface area contributed by atoms with E-state index in [0.717, 1.165) is 16.7 Å². The molecule has 0 saturated heterocycles. The van der Waals surface area contributed by atoms with E-state index in [4.69, 9.17) is 5.26 Å². The van der Waals surface area contributed by atoms with Crippen LogP contribution in [0.1, 0.15) is 23.1 Å². The van der Waals surface area contributed by atoms with E-state index in [0.29, 0.717) is 18.7 Å². The molecule has 2 aromatic rings. The van der Waals surface area contributed by atoms with Crippen molar-refractivity contribution in [3.8, 4) is 6.07 Å². The fourth-order valence-electron chi connectivity index (χ4n) is 2.28. The van der Waals surface area contributed by atoms with Crippen LogP contribution in [-0.2, 0) is 22.6 Å². The van der Waals surface area contributed by atoms with Crippen LogP contribution in [0.2, 0.25) is 0 Å². The maximum absolute atomic E-state index is 12.1. The molecule has 2 rings (SSSR count). The van der Waals surface area contributed by atoms with Gasteiger partial charge in [0.1, 0.15) is 6.42 Å². The van der Waals surface area contributed by atoms with Gasteiger partial charge in [0.05, 0.1) is 12.5 Å². The summed E-state index contributed by atoms with van der Waals surface area (Å²) in [5.41, 5.74) is 3.59. The Balaban J connectivity index is 1.90. The van der Waals surface area contributed by atoms with Crippen LogP contribution in [0, 0.1) is 18.3 Å². The standard InChI is InChI=1S/C19H19N3O2/c1-14-5-2-3-7-16(14)12-19(24)21-13-15-6-4-8-17(11-15)22-18(23)9-10-20/h2-8,11H,9,12-13H2,1H3,(H,21,24)(H,22,23). The van der Waals surface area contributed by atoms with Crippen LogP contribution in [0.25, 0.3) is 0 Å². The molecule has 2 aromatic carbocycles. The van der Waals surface area contributed by atoms with E-state index in [1.165, 1.54) is 0 Å². The zero-order valence-electron chi connectivity index (χ0n) is 13.5. The smallest absolute Gasteiger partial charge is 0.238 e. The largest absolute Gasteiger partial charge is 0.352 e. The van der Waals surface area contributed by atoms with Crippen LogP contribution in [0.5, 0.6) is 0 Å². The molecule has 122 valence electrons. The predicted octanol–water partition coefficient (Wildman–Crippen LogP) is 2.71. The molecule has 5 heteroatoms. The molecule has 0 aliphatic rings. The minimum absolute atomic E-state index is 0.0526. The molecule has 0 bridgehead atoms. The van der Waals surface area contributed by atoms with E-state index in [1.807, 2.05) is 37.3 Å². The lowest BCUT2D eigenvalue weighted by molar-refractivity contribution is -0.120. The lowest BCUT2D eigenvalue weighted by Crippen LogP contribution is -2.24.